The Bertz CT molecular complexity index is 384. The third-order valence-corrected chi connectivity index (χ3v) is 2.71. The molecule has 0 radical (unpaired) electrons. The van der Waals surface area contributed by atoms with Gasteiger partial charge in [0.05, 0.1) is 12.5 Å². The van der Waals surface area contributed by atoms with Crippen LogP contribution in [0.25, 0.3) is 0 Å². The molecular formula is C13H24N4O. The van der Waals surface area contributed by atoms with Crippen molar-refractivity contribution >= 4 is 5.78 Å². The molecule has 5 nitrogen and oxygen atoms in total. The highest BCUT2D eigenvalue weighted by Crippen LogP contribution is 2.07. The first kappa shape index (κ1) is 14.8. The fraction of sp³-hybridized carbons (Fsp3) is 0.769. The van der Waals surface area contributed by atoms with Gasteiger partial charge in [0, 0.05) is 6.54 Å². The van der Waals surface area contributed by atoms with E-state index in [9.17, 15) is 4.79 Å². The summed E-state index contributed by atoms with van der Waals surface area (Å²) in [6, 6.07) is -0.394. The zero-order valence-electron chi connectivity index (χ0n) is 11.8. The van der Waals surface area contributed by atoms with Crippen LogP contribution in [0.2, 0.25) is 0 Å². The lowest BCUT2D eigenvalue weighted by Gasteiger charge is -2.13. The lowest BCUT2D eigenvalue weighted by Crippen LogP contribution is -2.34. The predicted molar refractivity (Wildman–Crippen MR) is 71.0 cm³/mol. The normalized spacial score (nSPS) is 13.3. The molecule has 0 amide bonds. The zero-order valence-corrected chi connectivity index (χ0v) is 11.8. The fourth-order valence-corrected chi connectivity index (χ4v) is 1.85. The van der Waals surface area contributed by atoms with E-state index in [4.69, 9.17) is 5.73 Å². The third kappa shape index (κ3) is 4.56. The molecule has 5 heteroatoms. The van der Waals surface area contributed by atoms with Crippen LogP contribution in [0.15, 0.2) is 6.33 Å². The van der Waals surface area contributed by atoms with Crippen LogP contribution in [0.3, 0.4) is 0 Å². The molecule has 0 spiro atoms. The second-order valence-corrected chi connectivity index (χ2v) is 5.63. The summed E-state index contributed by atoms with van der Waals surface area (Å²) < 4.78 is 1.80. The quantitative estimate of drug-likeness (QED) is 0.796. The van der Waals surface area contributed by atoms with Gasteiger partial charge < -0.3 is 5.73 Å². The highest BCUT2D eigenvalue weighted by atomic mass is 16.1. The number of ketones is 1. The van der Waals surface area contributed by atoms with Gasteiger partial charge in [-0.3, -0.25) is 4.79 Å². The molecule has 0 aliphatic rings. The average molecular weight is 252 g/mol. The molecular weight excluding hydrogens is 228 g/mol. The summed E-state index contributed by atoms with van der Waals surface area (Å²) in [6.45, 7) is 9.13. The zero-order chi connectivity index (χ0) is 13.7. The van der Waals surface area contributed by atoms with Crippen LogP contribution >= 0.6 is 0 Å². The van der Waals surface area contributed by atoms with Crippen molar-refractivity contribution in [2.24, 2.45) is 17.6 Å². The second-order valence-electron chi connectivity index (χ2n) is 5.63. The van der Waals surface area contributed by atoms with Crippen molar-refractivity contribution in [1.82, 2.24) is 14.8 Å². The Hall–Kier alpha value is -1.23. The van der Waals surface area contributed by atoms with Gasteiger partial charge in [-0.25, -0.2) is 9.67 Å². The van der Waals surface area contributed by atoms with Crippen molar-refractivity contribution in [1.29, 1.82) is 0 Å². The van der Waals surface area contributed by atoms with Crippen LogP contribution in [0, 0.1) is 11.8 Å². The van der Waals surface area contributed by atoms with E-state index in [1.165, 1.54) is 6.33 Å². The van der Waals surface area contributed by atoms with E-state index in [0.29, 0.717) is 17.7 Å². The van der Waals surface area contributed by atoms with E-state index >= 15 is 0 Å². The number of carbonyl (C=O) groups excluding carboxylic acids is 1. The third-order valence-electron chi connectivity index (χ3n) is 2.71. The van der Waals surface area contributed by atoms with Gasteiger partial charge in [-0.15, -0.1) is 0 Å². The number of carbonyl (C=O) groups is 1. The van der Waals surface area contributed by atoms with Gasteiger partial charge in [-0.05, 0) is 18.3 Å². The summed E-state index contributed by atoms with van der Waals surface area (Å²) in [6.07, 6.45) is 2.50. The average Bonchev–Trinajstić information content (AvgIpc) is 2.63. The van der Waals surface area contributed by atoms with Crippen molar-refractivity contribution in [3.05, 3.63) is 12.2 Å². The number of nitrogens with two attached hydrogens (primary N) is 1. The van der Waals surface area contributed by atoms with Crippen LogP contribution in [-0.4, -0.2) is 26.6 Å². The first-order valence-corrected chi connectivity index (χ1v) is 6.55. The number of Topliss-reactive ketones (excluding diaryl/α,β-unsaturated/α-hetero) is 1. The van der Waals surface area contributed by atoms with Gasteiger partial charge in [0.25, 0.3) is 0 Å². The molecule has 0 saturated carbocycles. The minimum atomic E-state index is -0.394. The minimum absolute atomic E-state index is 0.0432. The Morgan fingerprint density at radius 2 is 2.00 bits per heavy atom. The van der Waals surface area contributed by atoms with E-state index in [1.807, 2.05) is 0 Å². The molecule has 1 aromatic heterocycles. The fourth-order valence-electron chi connectivity index (χ4n) is 1.85. The maximum absolute atomic E-state index is 12.0. The van der Waals surface area contributed by atoms with Crippen LogP contribution in [0.1, 0.15) is 39.9 Å². The van der Waals surface area contributed by atoms with Gasteiger partial charge >= 0.3 is 0 Å². The van der Waals surface area contributed by atoms with E-state index in [2.05, 4.69) is 37.8 Å². The summed E-state index contributed by atoms with van der Waals surface area (Å²) in [4.78, 5) is 16.1. The lowest BCUT2D eigenvalue weighted by molar-refractivity contribution is -0.120. The number of nitrogens with zero attached hydrogens (tertiary/aromatic N) is 3. The Labute approximate surface area is 109 Å². The van der Waals surface area contributed by atoms with Crippen molar-refractivity contribution in [2.75, 3.05) is 0 Å². The van der Waals surface area contributed by atoms with Crippen LogP contribution in [0.4, 0.5) is 0 Å². The molecule has 102 valence electrons. The summed E-state index contributed by atoms with van der Waals surface area (Å²) in [5.41, 5.74) is 5.88. The Morgan fingerprint density at radius 3 is 2.56 bits per heavy atom. The maximum Gasteiger partial charge on any atom is 0.157 e. The minimum Gasteiger partial charge on any atom is -0.321 e. The SMILES string of the molecule is CC(C)CC(N)C(=O)Cc1ncnn1CC(C)C. The molecule has 2 N–H and O–H groups in total. The van der Waals surface area contributed by atoms with Gasteiger partial charge in [-0.2, -0.15) is 5.10 Å². The van der Waals surface area contributed by atoms with E-state index in [-0.39, 0.29) is 12.2 Å². The topological polar surface area (TPSA) is 73.8 Å². The summed E-state index contributed by atoms with van der Waals surface area (Å²) in [7, 11) is 0. The van der Waals surface area contributed by atoms with E-state index in [1.54, 1.807) is 4.68 Å². The molecule has 0 saturated heterocycles. The largest absolute Gasteiger partial charge is 0.321 e. The second kappa shape index (κ2) is 6.64. The molecule has 0 aliphatic heterocycles. The number of hydrogen-bond donors (Lipinski definition) is 1. The molecule has 1 atom stereocenters. The Kier molecular flexibility index (Phi) is 5.47. The van der Waals surface area contributed by atoms with Crippen molar-refractivity contribution in [3.8, 4) is 0 Å². The number of aromatic nitrogens is 3. The van der Waals surface area contributed by atoms with E-state index < -0.39 is 6.04 Å². The number of hydrogen-bond acceptors (Lipinski definition) is 4. The van der Waals surface area contributed by atoms with Gasteiger partial charge in [0.2, 0.25) is 0 Å². The van der Waals surface area contributed by atoms with Crippen LogP contribution in [-0.2, 0) is 17.8 Å². The first-order chi connectivity index (χ1) is 8.40. The predicted octanol–water partition coefficient (Wildman–Crippen LogP) is 1.42. The van der Waals surface area contributed by atoms with Gasteiger partial charge in [-0.1, -0.05) is 27.7 Å². The standard InChI is InChI=1S/C13H24N4O/c1-9(2)5-11(14)12(18)6-13-15-8-16-17(13)7-10(3)4/h8-11H,5-7,14H2,1-4H3. The monoisotopic (exact) mass is 252 g/mol. The highest BCUT2D eigenvalue weighted by Gasteiger charge is 2.18. The Balaban J connectivity index is 2.61. The van der Waals surface area contributed by atoms with Crippen molar-refractivity contribution in [2.45, 2.75) is 53.1 Å². The molecule has 0 aliphatic carbocycles. The molecule has 0 aromatic carbocycles. The molecule has 18 heavy (non-hydrogen) atoms. The molecule has 1 rings (SSSR count). The molecule has 1 heterocycles. The number of rotatable bonds is 7. The first-order valence-electron chi connectivity index (χ1n) is 6.55. The molecule has 0 fully saturated rings. The summed E-state index contributed by atoms with van der Waals surface area (Å²) >= 11 is 0. The van der Waals surface area contributed by atoms with E-state index in [0.717, 1.165) is 13.0 Å². The molecule has 0 bridgehead atoms. The Morgan fingerprint density at radius 1 is 1.33 bits per heavy atom. The molecule has 1 aromatic rings. The lowest BCUT2D eigenvalue weighted by atomic mass is 9.99. The van der Waals surface area contributed by atoms with Crippen molar-refractivity contribution < 1.29 is 4.79 Å². The van der Waals surface area contributed by atoms with Crippen LogP contribution < -0.4 is 5.73 Å². The van der Waals surface area contributed by atoms with Gasteiger partial charge in [0.1, 0.15) is 12.2 Å². The smallest absolute Gasteiger partial charge is 0.157 e. The van der Waals surface area contributed by atoms with Crippen LogP contribution in [0.5, 0.6) is 0 Å². The van der Waals surface area contributed by atoms with Gasteiger partial charge in [0.15, 0.2) is 5.78 Å². The molecule has 1 unspecified atom stereocenters. The maximum atomic E-state index is 12.0. The van der Waals surface area contributed by atoms with Crippen molar-refractivity contribution in [3.63, 3.8) is 0 Å². The highest BCUT2D eigenvalue weighted by molar-refractivity contribution is 5.85. The summed E-state index contributed by atoms with van der Waals surface area (Å²) in [5.74, 6) is 1.66. The summed E-state index contributed by atoms with van der Waals surface area (Å²) in [5, 5.41) is 4.14.